The normalized spacial score (nSPS) is 12.0. The summed E-state index contributed by atoms with van der Waals surface area (Å²) >= 11 is 0. The molecular weight excluding hydrogens is 603 g/mol. The fraction of sp³-hybridized carbons (Fsp3) is 0. The molecule has 0 atom stereocenters. The number of hydrogen-bond acceptors (Lipinski definition) is 1. The van der Waals surface area contributed by atoms with Crippen LogP contribution in [0, 0.1) is 0 Å². The molecule has 0 saturated heterocycles. The van der Waals surface area contributed by atoms with Crippen LogP contribution in [0.4, 0.5) is 0 Å². The number of fused-ring (bicyclic) bond motifs is 14. The summed E-state index contributed by atoms with van der Waals surface area (Å²) in [6, 6.07) is 62.5. The van der Waals surface area contributed by atoms with Crippen molar-refractivity contribution in [2.24, 2.45) is 0 Å². The predicted octanol–water partition coefficient (Wildman–Crippen LogP) is 13.6. The summed E-state index contributed by atoms with van der Waals surface area (Å²) in [5, 5.41) is 19.0. The summed E-state index contributed by atoms with van der Waals surface area (Å²) in [4.78, 5) is 5.14. The molecule has 0 spiro atoms. The first kappa shape index (κ1) is 27.4. The van der Waals surface area contributed by atoms with Crippen molar-refractivity contribution in [1.29, 1.82) is 0 Å². The second-order valence-corrected chi connectivity index (χ2v) is 13.4. The van der Waals surface area contributed by atoms with Gasteiger partial charge < -0.3 is 0 Å². The fourth-order valence-corrected chi connectivity index (χ4v) is 8.73. The van der Waals surface area contributed by atoms with Gasteiger partial charge in [0.1, 0.15) is 0 Å². The first-order valence-corrected chi connectivity index (χ1v) is 17.3. The maximum atomic E-state index is 5.14. The van der Waals surface area contributed by atoms with E-state index in [1.807, 2.05) is 6.20 Å². The molecule has 0 aliphatic heterocycles. The highest BCUT2D eigenvalue weighted by Gasteiger charge is 2.19. The van der Waals surface area contributed by atoms with Gasteiger partial charge in [0.05, 0.1) is 5.52 Å². The Labute approximate surface area is 288 Å². The van der Waals surface area contributed by atoms with E-state index in [0.717, 1.165) is 10.9 Å². The standard InChI is InChI=1S/C49H29N/c1-3-16-36-32(12-1)34-14-5-7-18-38(34)45-28-30(23-25-40(36)45)47-42-20-9-10-21-43(42)48(49-44(47)22-11-27-50-49)31-24-26-41-37-17-4-2-13-33(37)35-15-6-8-19-39(35)46(41)29-31/h1-29H. The van der Waals surface area contributed by atoms with E-state index in [4.69, 9.17) is 4.98 Å². The highest BCUT2D eigenvalue weighted by atomic mass is 14.7. The SMILES string of the molecule is c1ccc2c(-c3ccc4c5ccccc5c5ccccc5c4c3)c3ncccc3c(-c3ccc4c5ccccc5c5ccccc5c4c3)c2c1. The molecule has 50 heavy (non-hydrogen) atoms. The van der Waals surface area contributed by atoms with Crippen LogP contribution in [0.1, 0.15) is 0 Å². The Bertz CT molecular complexity index is 2860. The van der Waals surface area contributed by atoms with E-state index in [0.29, 0.717) is 0 Å². The van der Waals surface area contributed by atoms with Crippen molar-refractivity contribution in [1.82, 2.24) is 4.98 Å². The molecule has 0 amide bonds. The van der Waals surface area contributed by atoms with Crippen molar-refractivity contribution >= 4 is 86.3 Å². The summed E-state index contributed by atoms with van der Waals surface area (Å²) < 4.78 is 0. The summed E-state index contributed by atoms with van der Waals surface area (Å²) in [6.45, 7) is 0. The number of pyridine rings is 1. The Morgan fingerprint density at radius 3 is 1.00 bits per heavy atom. The van der Waals surface area contributed by atoms with Crippen LogP contribution in [-0.4, -0.2) is 4.98 Å². The number of hydrogen-bond donors (Lipinski definition) is 0. The molecule has 1 nitrogen and oxygen atoms in total. The summed E-state index contributed by atoms with van der Waals surface area (Å²) in [5.41, 5.74) is 5.81. The van der Waals surface area contributed by atoms with Crippen LogP contribution in [0.15, 0.2) is 176 Å². The van der Waals surface area contributed by atoms with E-state index in [1.165, 1.54) is 97.7 Å². The van der Waals surface area contributed by atoms with Gasteiger partial charge in [-0.15, -0.1) is 0 Å². The van der Waals surface area contributed by atoms with E-state index in [9.17, 15) is 0 Å². The molecule has 11 aromatic rings. The summed E-state index contributed by atoms with van der Waals surface area (Å²) in [7, 11) is 0. The maximum absolute atomic E-state index is 5.14. The molecule has 230 valence electrons. The van der Waals surface area contributed by atoms with Gasteiger partial charge in [-0.25, -0.2) is 0 Å². The lowest BCUT2D eigenvalue weighted by molar-refractivity contribution is 1.42. The Balaban J connectivity index is 1.23. The van der Waals surface area contributed by atoms with E-state index in [-0.39, 0.29) is 0 Å². The molecule has 0 aliphatic carbocycles. The van der Waals surface area contributed by atoms with Crippen molar-refractivity contribution in [3.8, 4) is 22.3 Å². The van der Waals surface area contributed by atoms with Crippen LogP contribution in [0.3, 0.4) is 0 Å². The smallest absolute Gasteiger partial charge is 0.0792 e. The summed E-state index contributed by atoms with van der Waals surface area (Å²) in [6.07, 6.45) is 1.94. The number of nitrogens with zero attached hydrogens (tertiary/aromatic N) is 1. The third-order valence-electron chi connectivity index (χ3n) is 10.8. The van der Waals surface area contributed by atoms with Crippen LogP contribution >= 0.6 is 0 Å². The zero-order chi connectivity index (χ0) is 32.8. The van der Waals surface area contributed by atoms with Crippen LogP contribution in [-0.2, 0) is 0 Å². The third-order valence-corrected chi connectivity index (χ3v) is 10.8. The number of aromatic nitrogens is 1. The number of benzene rings is 10. The highest BCUT2D eigenvalue weighted by molar-refractivity contribution is 6.29. The van der Waals surface area contributed by atoms with Gasteiger partial charge in [0.2, 0.25) is 0 Å². The second-order valence-electron chi connectivity index (χ2n) is 13.4. The minimum atomic E-state index is 1.02. The number of rotatable bonds is 2. The van der Waals surface area contributed by atoms with Crippen molar-refractivity contribution in [3.63, 3.8) is 0 Å². The highest BCUT2D eigenvalue weighted by Crippen LogP contribution is 2.46. The third kappa shape index (κ3) is 3.80. The van der Waals surface area contributed by atoms with Crippen LogP contribution in [0.25, 0.3) is 109 Å². The van der Waals surface area contributed by atoms with Crippen LogP contribution in [0.5, 0.6) is 0 Å². The Morgan fingerprint density at radius 1 is 0.240 bits per heavy atom. The lowest BCUT2D eigenvalue weighted by Crippen LogP contribution is -1.93. The van der Waals surface area contributed by atoms with E-state index in [1.54, 1.807) is 0 Å². The van der Waals surface area contributed by atoms with Crippen molar-refractivity contribution in [3.05, 3.63) is 176 Å². The fourth-order valence-electron chi connectivity index (χ4n) is 8.73. The molecule has 0 radical (unpaired) electrons. The quantitative estimate of drug-likeness (QED) is 0.137. The average Bonchev–Trinajstić information content (AvgIpc) is 3.20. The molecule has 11 rings (SSSR count). The molecule has 10 aromatic carbocycles. The zero-order valence-corrected chi connectivity index (χ0v) is 27.2. The van der Waals surface area contributed by atoms with Gasteiger partial charge in [0, 0.05) is 17.1 Å². The maximum Gasteiger partial charge on any atom is 0.0792 e. The molecule has 1 heteroatoms. The van der Waals surface area contributed by atoms with Gasteiger partial charge in [-0.3, -0.25) is 4.98 Å². The second kappa shape index (κ2) is 10.5. The van der Waals surface area contributed by atoms with Crippen molar-refractivity contribution in [2.45, 2.75) is 0 Å². The Hall–Kier alpha value is -6.57. The van der Waals surface area contributed by atoms with E-state index in [2.05, 4.69) is 170 Å². The lowest BCUT2D eigenvalue weighted by atomic mass is 9.85. The van der Waals surface area contributed by atoms with Crippen LogP contribution < -0.4 is 0 Å². The van der Waals surface area contributed by atoms with Crippen molar-refractivity contribution in [2.75, 3.05) is 0 Å². The molecule has 0 unspecified atom stereocenters. The lowest BCUT2D eigenvalue weighted by Gasteiger charge is -2.18. The van der Waals surface area contributed by atoms with Gasteiger partial charge in [0.15, 0.2) is 0 Å². The van der Waals surface area contributed by atoms with Crippen molar-refractivity contribution < 1.29 is 0 Å². The molecule has 0 saturated carbocycles. The molecule has 0 N–H and O–H groups in total. The molecule has 0 fully saturated rings. The molecule has 1 heterocycles. The van der Waals surface area contributed by atoms with Crippen LogP contribution in [0.2, 0.25) is 0 Å². The van der Waals surface area contributed by atoms with Gasteiger partial charge in [-0.1, -0.05) is 152 Å². The predicted molar refractivity (Wildman–Crippen MR) is 215 cm³/mol. The molecule has 1 aromatic heterocycles. The largest absolute Gasteiger partial charge is 0.256 e. The first-order valence-electron chi connectivity index (χ1n) is 17.3. The topological polar surface area (TPSA) is 12.9 Å². The Kier molecular flexibility index (Phi) is 5.73. The Morgan fingerprint density at radius 2 is 0.560 bits per heavy atom. The molecule has 0 aliphatic rings. The minimum Gasteiger partial charge on any atom is -0.256 e. The van der Waals surface area contributed by atoms with Gasteiger partial charge >= 0.3 is 0 Å². The molecular formula is C49H29N. The first-order chi connectivity index (χ1) is 24.8. The monoisotopic (exact) mass is 631 g/mol. The van der Waals surface area contributed by atoms with Gasteiger partial charge in [0.25, 0.3) is 0 Å². The van der Waals surface area contributed by atoms with E-state index >= 15 is 0 Å². The van der Waals surface area contributed by atoms with Gasteiger partial charge in [-0.05, 0) is 110 Å². The minimum absolute atomic E-state index is 1.02. The summed E-state index contributed by atoms with van der Waals surface area (Å²) in [5.74, 6) is 0. The van der Waals surface area contributed by atoms with Gasteiger partial charge in [-0.2, -0.15) is 0 Å². The zero-order valence-electron chi connectivity index (χ0n) is 27.2. The average molecular weight is 632 g/mol. The van der Waals surface area contributed by atoms with E-state index < -0.39 is 0 Å². The molecule has 0 bridgehead atoms.